The summed E-state index contributed by atoms with van der Waals surface area (Å²) in [5.41, 5.74) is 7.59. The van der Waals surface area contributed by atoms with Gasteiger partial charge in [0.25, 0.3) is 0 Å². The zero-order valence-electron chi connectivity index (χ0n) is 24.9. The van der Waals surface area contributed by atoms with Crippen molar-refractivity contribution >= 4 is 38.4 Å². The van der Waals surface area contributed by atoms with Crippen LogP contribution in [0.4, 0.5) is 0 Å². The van der Waals surface area contributed by atoms with Gasteiger partial charge in [-0.1, -0.05) is 140 Å². The van der Waals surface area contributed by atoms with Gasteiger partial charge in [0.2, 0.25) is 0 Å². The summed E-state index contributed by atoms with van der Waals surface area (Å²) >= 11 is 0. The third kappa shape index (κ3) is 4.66. The molecule has 0 saturated heterocycles. The summed E-state index contributed by atoms with van der Waals surface area (Å²) in [6.45, 7) is 6.23. The first-order valence-corrected chi connectivity index (χ1v) is 15.2. The van der Waals surface area contributed by atoms with E-state index < -0.39 is 0 Å². The van der Waals surface area contributed by atoms with Crippen LogP contribution in [0.15, 0.2) is 146 Å². The third-order valence-corrected chi connectivity index (χ3v) is 8.70. The van der Waals surface area contributed by atoms with Gasteiger partial charge in [0.1, 0.15) is 0 Å². The fraction of sp³-hybridized carbons (Fsp3) is 0.0238. The molecule has 0 fully saturated rings. The predicted octanol–water partition coefficient (Wildman–Crippen LogP) is 11.0. The van der Waals surface area contributed by atoms with E-state index in [0.717, 1.165) is 33.0 Å². The Bertz CT molecular complexity index is 2410. The van der Waals surface area contributed by atoms with Crippen LogP contribution in [-0.4, -0.2) is 15.0 Å². The molecule has 0 aliphatic rings. The fourth-order valence-electron chi connectivity index (χ4n) is 6.40. The van der Waals surface area contributed by atoms with Crippen LogP contribution in [-0.2, 0) is 0 Å². The van der Waals surface area contributed by atoms with Gasteiger partial charge in [-0.05, 0) is 73.6 Å². The summed E-state index contributed by atoms with van der Waals surface area (Å²) in [4.78, 5) is 15.3. The second-order valence-corrected chi connectivity index (χ2v) is 11.3. The summed E-state index contributed by atoms with van der Waals surface area (Å²) in [6, 6.07) is 48.7. The lowest BCUT2D eigenvalue weighted by molar-refractivity contribution is 1.08. The zero-order valence-corrected chi connectivity index (χ0v) is 24.9. The van der Waals surface area contributed by atoms with Crippen molar-refractivity contribution in [2.45, 2.75) is 6.92 Å². The van der Waals surface area contributed by atoms with Gasteiger partial charge >= 0.3 is 0 Å². The third-order valence-electron chi connectivity index (χ3n) is 8.70. The van der Waals surface area contributed by atoms with Crippen LogP contribution in [0, 0.1) is 6.92 Å². The molecule has 0 aliphatic heterocycles. The highest BCUT2D eigenvalue weighted by Gasteiger charge is 2.17. The first-order valence-electron chi connectivity index (χ1n) is 15.2. The van der Waals surface area contributed by atoms with Crippen molar-refractivity contribution in [2.24, 2.45) is 0 Å². The van der Waals surface area contributed by atoms with Crippen molar-refractivity contribution in [2.75, 3.05) is 0 Å². The minimum absolute atomic E-state index is 0.647. The number of aryl methyl sites for hydroxylation is 1. The van der Waals surface area contributed by atoms with Gasteiger partial charge in [-0.25, -0.2) is 15.0 Å². The van der Waals surface area contributed by atoms with E-state index >= 15 is 0 Å². The summed E-state index contributed by atoms with van der Waals surface area (Å²) in [5, 5.41) is 7.02. The lowest BCUT2D eigenvalue weighted by atomic mass is 9.91. The largest absolute Gasteiger partial charge is 0.208 e. The normalized spacial score (nSPS) is 11.3. The van der Waals surface area contributed by atoms with Gasteiger partial charge in [0.05, 0.1) is 0 Å². The molecule has 8 rings (SSSR count). The number of nitrogens with zero attached hydrogens (tertiary/aromatic N) is 3. The molecule has 3 nitrogen and oxygen atoms in total. The molecule has 8 aromatic rings. The number of aromatic nitrogens is 3. The monoisotopic (exact) mass is 575 g/mol. The highest BCUT2D eigenvalue weighted by molar-refractivity contribution is 6.13. The van der Waals surface area contributed by atoms with Gasteiger partial charge in [-0.3, -0.25) is 0 Å². The van der Waals surface area contributed by atoms with Crippen LogP contribution in [0.5, 0.6) is 0 Å². The minimum atomic E-state index is 0.647. The number of hydrogen-bond donors (Lipinski definition) is 0. The Morgan fingerprint density at radius 3 is 1.91 bits per heavy atom. The number of fused-ring (bicyclic) bond motifs is 4. The first-order chi connectivity index (χ1) is 22.2. The molecule has 7 aromatic carbocycles. The number of hydrogen-bond acceptors (Lipinski definition) is 3. The summed E-state index contributed by atoms with van der Waals surface area (Å²) in [6.07, 6.45) is 1.92. The van der Waals surface area contributed by atoms with Crippen molar-refractivity contribution in [3.63, 3.8) is 0 Å². The fourth-order valence-corrected chi connectivity index (χ4v) is 6.40. The molecule has 3 heteroatoms. The maximum atomic E-state index is 5.17. The van der Waals surface area contributed by atoms with Crippen molar-refractivity contribution in [1.29, 1.82) is 0 Å². The molecule has 1 aromatic heterocycles. The van der Waals surface area contributed by atoms with Crippen LogP contribution < -0.4 is 0 Å². The topological polar surface area (TPSA) is 38.7 Å². The summed E-state index contributed by atoms with van der Waals surface area (Å²) in [5.74, 6) is 1.96. The van der Waals surface area contributed by atoms with E-state index in [1.807, 2.05) is 24.3 Å². The van der Waals surface area contributed by atoms with Gasteiger partial charge in [0, 0.05) is 16.7 Å². The van der Waals surface area contributed by atoms with Crippen molar-refractivity contribution in [3.8, 4) is 45.3 Å². The Labute approximate surface area is 262 Å². The Balaban J connectivity index is 1.36. The molecule has 0 aliphatic carbocycles. The van der Waals surface area contributed by atoms with E-state index in [9.17, 15) is 0 Å². The molecule has 0 amide bonds. The Kier molecular flexibility index (Phi) is 6.50. The van der Waals surface area contributed by atoms with E-state index in [1.165, 1.54) is 38.2 Å². The van der Waals surface area contributed by atoms with E-state index in [1.54, 1.807) is 0 Å². The maximum absolute atomic E-state index is 5.17. The van der Waals surface area contributed by atoms with Crippen LogP contribution in [0.2, 0.25) is 0 Å². The van der Waals surface area contributed by atoms with Crippen molar-refractivity contribution in [3.05, 3.63) is 157 Å². The molecule has 0 bridgehead atoms. The summed E-state index contributed by atoms with van der Waals surface area (Å²) in [7, 11) is 0. The van der Waals surface area contributed by atoms with E-state index in [-0.39, 0.29) is 0 Å². The van der Waals surface area contributed by atoms with Crippen LogP contribution in [0.1, 0.15) is 11.1 Å². The highest BCUT2D eigenvalue weighted by Crippen LogP contribution is 2.37. The molecule has 212 valence electrons. The van der Waals surface area contributed by atoms with E-state index in [0.29, 0.717) is 17.5 Å². The minimum Gasteiger partial charge on any atom is -0.208 e. The Hall–Kier alpha value is -5.93. The molecule has 0 radical (unpaired) electrons. The summed E-state index contributed by atoms with van der Waals surface area (Å²) < 4.78 is 0. The van der Waals surface area contributed by atoms with Gasteiger partial charge in [-0.2, -0.15) is 0 Å². The second kappa shape index (κ2) is 11.0. The maximum Gasteiger partial charge on any atom is 0.164 e. The quantitative estimate of drug-likeness (QED) is 0.192. The first kappa shape index (κ1) is 26.7. The molecule has 0 saturated carbocycles. The Morgan fingerprint density at radius 2 is 1.09 bits per heavy atom. The number of benzene rings is 7. The molecular weight excluding hydrogens is 546 g/mol. The average molecular weight is 576 g/mol. The molecular formula is C42H29N3. The SMILES string of the molecule is C=Cc1ccccc1-c1ccc2ccc(-c3nc(-c4ccccc4)nc(-c4cc5ccccc5c5ccccc45)n3)cc2c1C. The zero-order chi connectivity index (χ0) is 30.3. The predicted molar refractivity (Wildman–Crippen MR) is 189 cm³/mol. The average Bonchev–Trinajstić information content (AvgIpc) is 3.11. The van der Waals surface area contributed by atoms with Crippen molar-refractivity contribution < 1.29 is 0 Å². The smallest absolute Gasteiger partial charge is 0.164 e. The second-order valence-electron chi connectivity index (χ2n) is 11.3. The standard InChI is InChI=1S/C42H29N3/c1-3-28-13-7-9-17-34(28)33-24-23-29-21-22-32(26-38(29)27(33)2)41-43-40(30-14-5-4-6-15-30)44-42(45-41)39-25-31-16-8-10-18-35(31)36-19-11-12-20-37(36)39/h3-26H,1H2,2H3. The van der Waals surface area contributed by atoms with Gasteiger partial charge in [0.15, 0.2) is 17.5 Å². The lowest BCUT2D eigenvalue weighted by Gasteiger charge is -2.14. The molecule has 0 spiro atoms. The highest BCUT2D eigenvalue weighted by atomic mass is 15.0. The lowest BCUT2D eigenvalue weighted by Crippen LogP contribution is -2.01. The van der Waals surface area contributed by atoms with Crippen molar-refractivity contribution in [1.82, 2.24) is 15.0 Å². The molecule has 0 N–H and O–H groups in total. The van der Waals surface area contributed by atoms with Crippen LogP contribution >= 0.6 is 0 Å². The van der Waals surface area contributed by atoms with Crippen LogP contribution in [0.3, 0.4) is 0 Å². The molecule has 1 heterocycles. The van der Waals surface area contributed by atoms with Gasteiger partial charge in [-0.15, -0.1) is 0 Å². The van der Waals surface area contributed by atoms with Gasteiger partial charge < -0.3 is 0 Å². The van der Waals surface area contributed by atoms with E-state index in [2.05, 4.69) is 135 Å². The molecule has 45 heavy (non-hydrogen) atoms. The van der Waals surface area contributed by atoms with Crippen LogP contribution in [0.25, 0.3) is 83.7 Å². The molecule has 0 atom stereocenters. The number of rotatable bonds is 5. The Morgan fingerprint density at radius 1 is 0.444 bits per heavy atom. The van der Waals surface area contributed by atoms with E-state index in [4.69, 9.17) is 15.0 Å². The molecule has 0 unspecified atom stereocenters.